The Bertz CT molecular complexity index is 567. The average molecular weight is 284 g/mol. The number of hydrogen-bond acceptors (Lipinski definition) is 5. The third-order valence-electron chi connectivity index (χ3n) is 3.85. The van der Waals surface area contributed by atoms with E-state index in [1.165, 1.54) is 5.69 Å². The lowest BCUT2D eigenvalue weighted by atomic mass is 10.0. The Morgan fingerprint density at radius 2 is 1.90 bits per heavy atom. The molecule has 1 N–H and O–H groups in total. The molecule has 21 heavy (non-hydrogen) atoms. The number of aromatic nitrogens is 2. The molecule has 0 spiro atoms. The van der Waals surface area contributed by atoms with Crippen molar-refractivity contribution in [3.05, 3.63) is 42.9 Å². The summed E-state index contributed by atoms with van der Waals surface area (Å²) in [7, 11) is 1.65. The van der Waals surface area contributed by atoms with E-state index in [1.54, 1.807) is 13.3 Å². The minimum atomic E-state index is 0.459. The minimum absolute atomic E-state index is 0.459. The summed E-state index contributed by atoms with van der Waals surface area (Å²) in [6.45, 7) is 2.09. The molecule has 110 valence electrons. The van der Waals surface area contributed by atoms with Crippen molar-refractivity contribution in [2.24, 2.45) is 0 Å². The Kier molecular flexibility index (Phi) is 4.19. The van der Waals surface area contributed by atoms with E-state index in [-0.39, 0.29) is 0 Å². The van der Waals surface area contributed by atoms with Crippen LogP contribution < -0.4 is 15.0 Å². The van der Waals surface area contributed by atoms with Gasteiger partial charge in [0, 0.05) is 43.4 Å². The van der Waals surface area contributed by atoms with Crippen LogP contribution in [0.3, 0.4) is 0 Å². The second-order valence-corrected chi connectivity index (χ2v) is 5.17. The van der Waals surface area contributed by atoms with Crippen LogP contribution in [-0.4, -0.2) is 36.2 Å². The van der Waals surface area contributed by atoms with Crippen LogP contribution in [-0.2, 0) is 0 Å². The monoisotopic (exact) mass is 284 g/mol. The minimum Gasteiger partial charge on any atom is -0.480 e. The highest BCUT2D eigenvalue weighted by molar-refractivity contribution is 5.53. The molecule has 0 amide bonds. The van der Waals surface area contributed by atoms with E-state index in [4.69, 9.17) is 4.74 Å². The predicted octanol–water partition coefficient (Wildman–Crippen LogP) is 2.57. The second-order valence-electron chi connectivity index (χ2n) is 5.17. The van der Waals surface area contributed by atoms with Crippen molar-refractivity contribution in [2.45, 2.75) is 18.9 Å². The molecule has 0 atom stereocenters. The lowest BCUT2D eigenvalue weighted by Crippen LogP contribution is -2.39. The quantitative estimate of drug-likeness (QED) is 0.935. The van der Waals surface area contributed by atoms with Gasteiger partial charge in [0.2, 0.25) is 5.88 Å². The molecule has 1 aliphatic heterocycles. The van der Waals surface area contributed by atoms with Gasteiger partial charge in [0.15, 0.2) is 0 Å². The average Bonchev–Trinajstić information content (AvgIpc) is 2.57. The highest BCUT2D eigenvalue weighted by atomic mass is 16.5. The van der Waals surface area contributed by atoms with E-state index < -0.39 is 0 Å². The van der Waals surface area contributed by atoms with Gasteiger partial charge < -0.3 is 15.0 Å². The molecule has 0 aromatic carbocycles. The van der Waals surface area contributed by atoms with E-state index in [0.29, 0.717) is 11.9 Å². The Balaban J connectivity index is 1.59. The zero-order valence-corrected chi connectivity index (χ0v) is 12.2. The fourth-order valence-electron chi connectivity index (χ4n) is 2.72. The van der Waals surface area contributed by atoms with Crippen LogP contribution in [0.1, 0.15) is 12.8 Å². The Hall–Kier alpha value is -2.30. The van der Waals surface area contributed by atoms with Crippen LogP contribution in [0.25, 0.3) is 0 Å². The smallest absolute Gasteiger partial charge is 0.237 e. The summed E-state index contributed by atoms with van der Waals surface area (Å²) in [5, 5.41) is 3.55. The first-order chi connectivity index (χ1) is 10.4. The zero-order valence-electron chi connectivity index (χ0n) is 12.2. The van der Waals surface area contributed by atoms with Gasteiger partial charge in [-0.15, -0.1) is 0 Å². The molecule has 0 unspecified atom stereocenters. The highest BCUT2D eigenvalue weighted by Crippen LogP contribution is 2.25. The third-order valence-corrected chi connectivity index (χ3v) is 3.85. The van der Waals surface area contributed by atoms with Gasteiger partial charge in [0.25, 0.3) is 0 Å². The van der Waals surface area contributed by atoms with Crippen LogP contribution in [0.2, 0.25) is 0 Å². The van der Waals surface area contributed by atoms with Crippen molar-refractivity contribution >= 4 is 11.4 Å². The zero-order chi connectivity index (χ0) is 14.5. The largest absolute Gasteiger partial charge is 0.480 e. The van der Waals surface area contributed by atoms with Gasteiger partial charge in [-0.25, -0.2) is 4.98 Å². The maximum atomic E-state index is 5.29. The summed E-state index contributed by atoms with van der Waals surface area (Å²) in [6, 6.07) is 8.54. The first kappa shape index (κ1) is 13.7. The lowest BCUT2D eigenvalue weighted by Gasteiger charge is -2.34. The number of hydrogen-bond donors (Lipinski definition) is 1. The molecule has 0 bridgehead atoms. The number of ether oxygens (including phenoxy) is 1. The number of rotatable bonds is 4. The number of nitrogens with one attached hydrogen (secondary N) is 1. The molecule has 5 heteroatoms. The van der Waals surface area contributed by atoms with E-state index in [9.17, 15) is 0 Å². The highest BCUT2D eigenvalue weighted by Gasteiger charge is 2.20. The van der Waals surface area contributed by atoms with E-state index >= 15 is 0 Å². The van der Waals surface area contributed by atoms with Crippen molar-refractivity contribution < 1.29 is 4.74 Å². The molecule has 2 aromatic rings. The van der Waals surface area contributed by atoms with Crippen LogP contribution in [0.5, 0.6) is 5.88 Å². The predicted molar refractivity (Wildman–Crippen MR) is 83.9 cm³/mol. The summed E-state index contributed by atoms with van der Waals surface area (Å²) in [4.78, 5) is 10.7. The van der Waals surface area contributed by atoms with Gasteiger partial charge in [-0.05, 0) is 37.1 Å². The SMILES string of the molecule is COc1ncccc1NC1CCN(c2ccncc2)CC1. The molecule has 1 aliphatic rings. The molecular weight excluding hydrogens is 264 g/mol. The molecule has 0 aliphatic carbocycles. The summed E-state index contributed by atoms with van der Waals surface area (Å²) in [5.74, 6) is 0.661. The standard InChI is InChI=1S/C16H20N4O/c1-21-16-15(3-2-8-18-16)19-13-6-11-20(12-7-13)14-4-9-17-10-5-14/h2-5,8-10,13,19H,6-7,11-12H2,1H3. The second kappa shape index (κ2) is 6.43. The van der Waals surface area contributed by atoms with Crippen LogP contribution in [0.4, 0.5) is 11.4 Å². The Labute approximate surface area is 125 Å². The first-order valence-corrected chi connectivity index (χ1v) is 7.27. The molecule has 1 fully saturated rings. The molecule has 0 saturated carbocycles. The van der Waals surface area contributed by atoms with Gasteiger partial charge in [0.1, 0.15) is 0 Å². The summed E-state index contributed by atoms with van der Waals surface area (Å²) in [6.07, 6.45) is 7.64. The fourth-order valence-corrected chi connectivity index (χ4v) is 2.72. The van der Waals surface area contributed by atoms with E-state index in [2.05, 4.69) is 32.3 Å². The fraction of sp³-hybridized carbons (Fsp3) is 0.375. The molecule has 2 aromatic heterocycles. The van der Waals surface area contributed by atoms with E-state index in [1.807, 2.05) is 24.5 Å². The van der Waals surface area contributed by atoms with Gasteiger partial charge >= 0.3 is 0 Å². The molecule has 5 nitrogen and oxygen atoms in total. The van der Waals surface area contributed by atoms with Gasteiger partial charge in [-0.1, -0.05) is 0 Å². The van der Waals surface area contributed by atoms with Crippen LogP contribution in [0.15, 0.2) is 42.9 Å². The van der Waals surface area contributed by atoms with Crippen molar-refractivity contribution in [2.75, 3.05) is 30.4 Å². The van der Waals surface area contributed by atoms with Gasteiger partial charge in [0.05, 0.1) is 12.8 Å². The maximum Gasteiger partial charge on any atom is 0.237 e. The molecular formula is C16H20N4O. The number of pyridine rings is 2. The first-order valence-electron chi connectivity index (χ1n) is 7.27. The lowest BCUT2D eigenvalue weighted by molar-refractivity contribution is 0.398. The number of methoxy groups -OCH3 is 1. The Morgan fingerprint density at radius 3 is 2.62 bits per heavy atom. The number of piperidine rings is 1. The van der Waals surface area contributed by atoms with Crippen LogP contribution >= 0.6 is 0 Å². The van der Waals surface area contributed by atoms with E-state index in [0.717, 1.165) is 31.6 Å². The number of nitrogens with zero attached hydrogens (tertiary/aromatic N) is 3. The molecule has 0 radical (unpaired) electrons. The summed E-state index contributed by atoms with van der Waals surface area (Å²) >= 11 is 0. The normalized spacial score (nSPS) is 15.8. The van der Waals surface area contributed by atoms with Crippen molar-refractivity contribution in [1.29, 1.82) is 0 Å². The molecule has 3 heterocycles. The summed E-state index contributed by atoms with van der Waals surface area (Å²) < 4.78 is 5.29. The topological polar surface area (TPSA) is 50.3 Å². The maximum absolute atomic E-state index is 5.29. The van der Waals surface area contributed by atoms with Gasteiger partial charge in [-0.2, -0.15) is 0 Å². The van der Waals surface area contributed by atoms with Crippen molar-refractivity contribution in [1.82, 2.24) is 9.97 Å². The van der Waals surface area contributed by atoms with Crippen LogP contribution in [0, 0.1) is 0 Å². The Morgan fingerprint density at radius 1 is 1.14 bits per heavy atom. The van der Waals surface area contributed by atoms with Gasteiger partial charge in [-0.3, -0.25) is 4.98 Å². The number of anilines is 2. The molecule has 3 rings (SSSR count). The summed E-state index contributed by atoms with van der Waals surface area (Å²) in [5.41, 5.74) is 2.23. The third kappa shape index (κ3) is 3.24. The van der Waals surface area contributed by atoms with Crippen molar-refractivity contribution in [3.63, 3.8) is 0 Å². The van der Waals surface area contributed by atoms with Crippen molar-refractivity contribution in [3.8, 4) is 5.88 Å². The molecule has 1 saturated heterocycles.